The van der Waals surface area contributed by atoms with E-state index in [1.807, 2.05) is 0 Å². The maximum absolute atomic E-state index is 10.6. The highest BCUT2D eigenvalue weighted by Gasteiger charge is 2.16. The van der Waals surface area contributed by atoms with E-state index in [0.717, 1.165) is 6.08 Å². The van der Waals surface area contributed by atoms with Gasteiger partial charge in [0.2, 0.25) is 0 Å². The fourth-order valence-corrected chi connectivity index (χ4v) is 1.58. The van der Waals surface area contributed by atoms with E-state index in [9.17, 15) is 16.8 Å². The van der Waals surface area contributed by atoms with Gasteiger partial charge in [0.1, 0.15) is 5.37 Å². The molecule has 2 N–H and O–H groups in total. The summed E-state index contributed by atoms with van der Waals surface area (Å²) in [6, 6.07) is 0. The Morgan fingerprint density at radius 3 is 2.27 bits per heavy atom. The number of hydrogen-bond acceptors (Lipinski definition) is 5. The molecule has 0 aromatic carbocycles. The van der Waals surface area contributed by atoms with Crippen LogP contribution in [0.3, 0.4) is 0 Å². The molecule has 1 unspecified atom stereocenters. The van der Waals surface area contributed by atoms with Crippen LogP contribution in [-0.4, -0.2) is 22.2 Å². The van der Waals surface area contributed by atoms with Crippen LogP contribution >= 0.6 is 0 Å². The van der Waals surface area contributed by atoms with E-state index in [4.69, 9.17) is 5.73 Å². The first-order valence-electron chi connectivity index (χ1n) is 2.34. The van der Waals surface area contributed by atoms with E-state index in [0.29, 0.717) is 0 Å². The lowest BCUT2D eigenvalue weighted by atomic mass is 10.7. The predicted octanol–water partition coefficient (Wildman–Crippen LogP) is -1.15. The van der Waals surface area contributed by atoms with Crippen molar-refractivity contribution in [2.75, 3.05) is 0 Å². The van der Waals surface area contributed by atoms with Gasteiger partial charge < -0.3 is 5.73 Å². The third-order valence-electron chi connectivity index (χ3n) is 0.741. The summed E-state index contributed by atoms with van der Waals surface area (Å²) in [6.07, 6.45) is 0.881. The van der Waals surface area contributed by atoms with Crippen molar-refractivity contribution in [3.05, 3.63) is 12.7 Å². The first kappa shape index (κ1) is 10.3. The molecule has 0 saturated carbocycles. The van der Waals surface area contributed by atoms with Gasteiger partial charge in [0.15, 0.2) is 0 Å². The highest BCUT2D eigenvalue weighted by atomic mass is 32.3. The van der Waals surface area contributed by atoms with Crippen LogP contribution in [0.2, 0.25) is 0 Å². The fourth-order valence-electron chi connectivity index (χ4n) is 0.256. The summed E-state index contributed by atoms with van der Waals surface area (Å²) in [5.74, 6) is 0. The standard InChI is InChI=1S/C3H6N2O4S2/c1-2-3(4)11(8,9)5-10(6)7/h2-3H,1,4H2. The number of sulfonamides is 1. The van der Waals surface area contributed by atoms with Crippen LogP contribution in [-0.2, 0) is 20.5 Å². The van der Waals surface area contributed by atoms with Crippen molar-refractivity contribution >= 4 is 20.5 Å². The summed E-state index contributed by atoms with van der Waals surface area (Å²) in [7, 11) is -7.14. The topological polar surface area (TPSA) is 107 Å². The van der Waals surface area contributed by atoms with Crippen LogP contribution in [0.15, 0.2) is 16.4 Å². The second-order valence-corrected chi connectivity index (χ2v) is 4.11. The second-order valence-electron chi connectivity index (χ2n) is 1.51. The summed E-state index contributed by atoms with van der Waals surface area (Å²) >= 11 is 0. The van der Waals surface area contributed by atoms with Crippen LogP contribution in [0.5, 0.6) is 0 Å². The molecule has 0 amide bonds. The van der Waals surface area contributed by atoms with Gasteiger partial charge in [0.25, 0.3) is 10.0 Å². The van der Waals surface area contributed by atoms with Crippen molar-refractivity contribution in [2.24, 2.45) is 9.50 Å². The van der Waals surface area contributed by atoms with Crippen molar-refractivity contribution in [2.45, 2.75) is 5.37 Å². The van der Waals surface area contributed by atoms with Crippen LogP contribution in [0, 0.1) is 0 Å². The molecule has 0 aliphatic rings. The van der Waals surface area contributed by atoms with E-state index in [-0.39, 0.29) is 0 Å². The molecule has 0 bridgehead atoms. The monoisotopic (exact) mass is 198 g/mol. The molecule has 8 heteroatoms. The Labute approximate surface area is 65.5 Å². The lowest BCUT2D eigenvalue weighted by molar-refractivity contribution is 0.590. The van der Waals surface area contributed by atoms with Crippen LogP contribution < -0.4 is 5.73 Å². The van der Waals surface area contributed by atoms with Crippen LogP contribution in [0.25, 0.3) is 0 Å². The minimum atomic E-state index is -4.14. The van der Waals surface area contributed by atoms with E-state index in [1.165, 1.54) is 0 Å². The molecule has 0 aliphatic heterocycles. The fraction of sp³-hybridized carbons (Fsp3) is 0.333. The first-order valence-corrected chi connectivity index (χ1v) is 4.88. The molecule has 0 heterocycles. The minimum Gasteiger partial charge on any atom is -0.310 e. The first-order chi connectivity index (χ1) is 4.90. The van der Waals surface area contributed by atoms with Gasteiger partial charge in [-0.2, -0.15) is 8.42 Å². The largest absolute Gasteiger partial charge is 0.327 e. The van der Waals surface area contributed by atoms with E-state index >= 15 is 0 Å². The maximum atomic E-state index is 10.6. The van der Waals surface area contributed by atoms with Gasteiger partial charge in [-0.3, -0.25) is 0 Å². The number of nitrogens with two attached hydrogens (primary N) is 1. The molecule has 0 aliphatic carbocycles. The summed E-state index contributed by atoms with van der Waals surface area (Å²) in [6.45, 7) is 3.07. The second kappa shape index (κ2) is 3.60. The quantitative estimate of drug-likeness (QED) is 0.576. The lowest BCUT2D eigenvalue weighted by Crippen LogP contribution is -2.25. The molecule has 6 nitrogen and oxygen atoms in total. The highest BCUT2D eigenvalue weighted by Crippen LogP contribution is 1.97. The average Bonchev–Trinajstić information content (AvgIpc) is 1.83. The van der Waals surface area contributed by atoms with Crippen LogP contribution in [0.1, 0.15) is 0 Å². The van der Waals surface area contributed by atoms with Gasteiger partial charge >= 0.3 is 10.5 Å². The summed E-state index contributed by atoms with van der Waals surface area (Å²) in [5, 5.41) is -1.47. The predicted molar refractivity (Wildman–Crippen MR) is 38.4 cm³/mol. The van der Waals surface area contributed by atoms with Gasteiger partial charge in [-0.05, 0) is 3.77 Å². The van der Waals surface area contributed by atoms with Gasteiger partial charge in [-0.1, -0.05) is 6.08 Å². The Morgan fingerprint density at radius 2 is 2.00 bits per heavy atom. The van der Waals surface area contributed by atoms with Crippen molar-refractivity contribution in [3.8, 4) is 0 Å². The normalized spacial score (nSPS) is 13.5. The Balaban J connectivity index is 5.08. The Kier molecular flexibility index (Phi) is 3.36. The Bertz CT molecular complexity index is 356. The van der Waals surface area contributed by atoms with Crippen molar-refractivity contribution in [1.29, 1.82) is 0 Å². The molecule has 0 spiro atoms. The molecule has 0 aromatic heterocycles. The maximum Gasteiger partial charge on any atom is 0.327 e. The van der Waals surface area contributed by atoms with Gasteiger partial charge in [0.05, 0.1) is 0 Å². The number of nitrogens with zero attached hydrogens (tertiary/aromatic N) is 1. The van der Waals surface area contributed by atoms with Crippen molar-refractivity contribution in [1.82, 2.24) is 0 Å². The minimum absolute atomic E-state index is 0.881. The smallest absolute Gasteiger partial charge is 0.310 e. The molecule has 0 fully saturated rings. The van der Waals surface area contributed by atoms with E-state index < -0.39 is 25.9 Å². The summed E-state index contributed by atoms with van der Waals surface area (Å²) < 4.78 is 43.2. The SMILES string of the molecule is C=CC(N)S(=O)(=O)N=S(=O)=O. The molecular weight excluding hydrogens is 192 g/mol. The molecule has 0 aromatic rings. The zero-order valence-electron chi connectivity index (χ0n) is 5.34. The molecular formula is C3H6N2O4S2. The summed E-state index contributed by atoms with van der Waals surface area (Å²) in [4.78, 5) is 0. The molecule has 0 radical (unpaired) electrons. The van der Waals surface area contributed by atoms with Crippen LogP contribution in [0.4, 0.5) is 0 Å². The average molecular weight is 198 g/mol. The molecule has 64 valence electrons. The number of hydrogen-bond donors (Lipinski definition) is 1. The molecule has 1 atom stereocenters. The third kappa shape index (κ3) is 3.25. The highest BCUT2D eigenvalue weighted by molar-refractivity contribution is 7.94. The third-order valence-corrected chi connectivity index (χ3v) is 2.94. The van der Waals surface area contributed by atoms with Crippen molar-refractivity contribution < 1.29 is 16.8 Å². The zero-order valence-corrected chi connectivity index (χ0v) is 6.97. The van der Waals surface area contributed by atoms with Crippen molar-refractivity contribution in [3.63, 3.8) is 0 Å². The van der Waals surface area contributed by atoms with Gasteiger partial charge in [-0.15, -0.1) is 6.58 Å². The zero-order chi connectivity index (χ0) is 9.07. The number of rotatable bonds is 3. The van der Waals surface area contributed by atoms with Gasteiger partial charge in [0, 0.05) is 0 Å². The van der Waals surface area contributed by atoms with E-state index in [1.54, 1.807) is 0 Å². The van der Waals surface area contributed by atoms with Gasteiger partial charge in [-0.25, -0.2) is 8.42 Å². The Morgan fingerprint density at radius 1 is 1.55 bits per heavy atom. The molecule has 0 saturated heterocycles. The molecule has 11 heavy (non-hydrogen) atoms. The van der Waals surface area contributed by atoms with E-state index in [2.05, 4.69) is 10.3 Å². The summed E-state index contributed by atoms with van der Waals surface area (Å²) in [5.41, 5.74) is 4.93. The lowest BCUT2D eigenvalue weighted by Gasteiger charge is -1.97. The Hall–Kier alpha value is -0.730. The molecule has 0 rings (SSSR count).